The minimum atomic E-state index is 0.358. The van der Waals surface area contributed by atoms with Crippen LogP contribution in [0.2, 0.25) is 0 Å². The van der Waals surface area contributed by atoms with Gasteiger partial charge in [-0.1, -0.05) is 153 Å². The Morgan fingerprint density at radius 3 is 0.667 bits per heavy atom. The molecule has 0 aliphatic heterocycles. The number of hydrogen-bond donors (Lipinski definition) is 2. The monoisotopic (exact) mass is 502 g/mol. The zero-order chi connectivity index (χ0) is 26.0. The first-order valence-electron chi connectivity index (χ1n) is 16.1. The van der Waals surface area contributed by atoms with Crippen LogP contribution in [-0.2, 0) is 0 Å². The molecule has 0 heterocycles. The molecular formula is C34H62O2. The predicted octanol–water partition coefficient (Wildman–Crippen LogP) is 9.90. The van der Waals surface area contributed by atoms with Gasteiger partial charge < -0.3 is 10.2 Å². The molecular weight excluding hydrogens is 440 g/mol. The van der Waals surface area contributed by atoms with Crippen LogP contribution in [0.15, 0.2) is 0 Å². The molecule has 0 bridgehead atoms. The summed E-state index contributed by atoms with van der Waals surface area (Å²) in [6.45, 7) is 0.716. The van der Waals surface area contributed by atoms with Crippen molar-refractivity contribution >= 4 is 0 Å². The van der Waals surface area contributed by atoms with Crippen LogP contribution in [0.25, 0.3) is 0 Å². The van der Waals surface area contributed by atoms with E-state index in [-0.39, 0.29) is 0 Å². The Balaban J connectivity index is 3.19. The summed E-state index contributed by atoms with van der Waals surface area (Å²) in [5.74, 6) is 12.6. The zero-order valence-electron chi connectivity index (χ0n) is 24.1. The van der Waals surface area contributed by atoms with Gasteiger partial charge in [-0.2, -0.15) is 0 Å². The molecule has 2 N–H and O–H groups in total. The minimum absolute atomic E-state index is 0.358. The summed E-state index contributed by atoms with van der Waals surface area (Å²) in [7, 11) is 0. The molecule has 0 rings (SSSR count). The van der Waals surface area contributed by atoms with Gasteiger partial charge in [-0.3, -0.25) is 0 Å². The fourth-order valence-corrected chi connectivity index (χ4v) is 4.75. The Bertz CT molecular complexity index is 471. The molecule has 0 atom stereocenters. The van der Waals surface area contributed by atoms with Crippen molar-refractivity contribution < 1.29 is 10.2 Å². The molecule has 0 aliphatic rings. The number of hydrogen-bond acceptors (Lipinski definition) is 2. The van der Waals surface area contributed by atoms with Gasteiger partial charge in [0.25, 0.3) is 0 Å². The maximum absolute atomic E-state index is 8.76. The molecule has 0 spiro atoms. The van der Waals surface area contributed by atoms with Gasteiger partial charge in [-0.25, -0.2) is 0 Å². The highest BCUT2D eigenvalue weighted by atomic mass is 16.3. The fraction of sp³-hybridized carbons (Fsp3) is 0.882. The van der Waals surface area contributed by atoms with Crippen LogP contribution in [0.5, 0.6) is 0 Å². The van der Waals surface area contributed by atoms with E-state index in [1.165, 1.54) is 154 Å². The first-order chi connectivity index (χ1) is 17.9. The topological polar surface area (TPSA) is 40.5 Å². The molecule has 0 aliphatic carbocycles. The highest BCUT2D eigenvalue weighted by Crippen LogP contribution is 2.14. The van der Waals surface area contributed by atoms with Crippen LogP contribution >= 0.6 is 0 Å². The van der Waals surface area contributed by atoms with Crippen LogP contribution in [0.3, 0.4) is 0 Å². The van der Waals surface area contributed by atoms with Crippen LogP contribution in [0, 0.1) is 23.7 Å². The van der Waals surface area contributed by atoms with Crippen molar-refractivity contribution in [1.82, 2.24) is 0 Å². The lowest BCUT2D eigenvalue weighted by molar-refractivity contribution is 0.282. The van der Waals surface area contributed by atoms with E-state index < -0.39 is 0 Å². The summed E-state index contributed by atoms with van der Waals surface area (Å²) in [5, 5.41) is 17.5. The SMILES string of the molecule is OCCCCCCCCCCCCCCCC#CC#CCCCCCCCCCCCCCCCO. The fourth-order valence-electron chi connectivity index (χ4n) is 4.75. The summed E-state index contributed by atoms with van der Waals surface area (Å²) < 4.78 is 0. The molecule has 2 heteroatoms. The molecule has 0 aromatic heterocycles. The van der Waals surface area contributed by atoms with E-state index in [0.29, 0.717) is 13.2 Å². The van der Waals surface area contributed by atoms with E-state index in [0.717, 1.165) is 25.7 Å². The quantitative estimate of drug-likeness (QED) is 0.0825. The normalized spacial score (nSPS) is 10.6. The Hall–Kier alpha value is -0.960. The van der Waals surface area contributed by atoms with Crippen molar-refractivity contribution in [3.63, 3.8) is 0 Å². The van der Waals surface area contributed by atoms with Gasteiger partial charge in [-0.05, 0) is 37.5 Å². The van der Waals surface area contributed by atoms with Crippen molar-refractivity contribution in [3.05, 3.63) is 0 Å². The van der Waals surface area contributed by atoms with E-state index in [1.54, 1.807) is 0 Å². The average molecular weight is 503 g/mol. The van der Waals surface area contributed by atoms with E-state index in [2.05, 4.69) is 23.7 Å². The van der Waals surface area contributed by atoms with E-state index in [1.807, 2.05) is 0 Å². The lowest BCUT2D eigenvalue weighted by Gasteiger charge is -2.02. The first kappa shape index (κ1) is 35.0. The molecule has 0 saturated heterocycles. The van der Waals surface area contributed by atoms with Gasteiger partial charge in [0.1, 0.15) is 0 Å². The van der Waals surface area contributed by atoms with E-state index in [4.69, 9.17) is 10.2 Å². The molecule has 210 valence electrons. The largest absolute Gasteiger partial charge is 0.396 e. The Morgan fingerprint density at radius 2 is 0.444 bits per heavy atom. The maximum Gasteiger partial charge on any atom is 0.0431 e. The molecule has 0 aromatic carbocycles. The van der Waals surface area contributed by atoms with Crippen molar-refractivity contribution in [2.24, 2.45) is 0 Å². The molecule has 0 radical (unpaired) electrons. The van der Waals surface area contributed by atoms with Gasteiger partial charge in [0.15, 0.2) is 0 Å². The standard InChI is InChI=1S/C34H62O2/c35-33-31-29-27-25-23-21-19-17-15-13-11-9-7-5-3-1-2-4-6-8-10-12-14-16-18-20-22-24-26-28-30-32-34-36/h35-36H,5-34H2. The third-order valence-corrected chi connectivity index (χ3v) is 7.16. The van der Waals surface area contributed by atoms with Crippen LogP contribution in [-0.4, -0.2) is 23.4 Å². The molecule has 0 amide bonds. The highest BCUT2D eigenvalue weighted by molar-refractivity contribution is 5.25. The Labute approximate surface area is 226 Å². The Kier molecular flexibility index (Phi) is 33.1. The van der Waals surface area contributed by atoms with Crippen molar-refractivity contribution in [2.45, 2.75) is 180 Å². The van der Waals surface area contributed by atoms with Gasteiger partial charge >= 0.3 is 0 Å². The summed E-state index contributed by atoms with van der Waals surface area (Å²) in [6.07, 6.45) is 36.2. The third kappa shape index (κ3) is 33.0. The minimum Gasteiger partial charge on any atom is -0.396 e. The number of rotatable bonds is 28. The first-order valence-corrected chi connectivity index (χ1v) is 16.1. The van der Waals surface area contributed by atoms with Gasteiger partial charge in [0, 0.05) is 26.1 Å². The van der Waals surface area contributed by atoms with Crippen molar-refractivity contribution in [1.29, 1.82) is 0 Å². The van der Waals surface area contributed by atoms with E-state index in [9.17, 15) is 0 Å². The second-order valence-corrected chi connectivity index (χ2v) is 10.7. The van der Waals surface area contributed by atoms with Crippen LogP contribution in [0.4, 0.5) is 0 Å². The molecule has 0 unspecified atom stereocenters. The van der Waals surface area contributed by atoms with Crippen molar-refractivity contribution in [2.75, 3.05) is 13.2 Å². The van der Waals surface area contributed by atoms with Crippen LogP contribution < -0.4 is 0 Å². The third-order valence-electron chi connectivity index (χ3n) is 7.16. The summed E-state index contributed by atoms with van der Waals surface area (Å²) in [4.78, 5) is 0. The van der Waals surface area contributed by atoms with Gasteiger partial charge in [-0.15, -0.1) is 0 Å². The second kappa shape index (κ2) is 34.0. The van der Waals surface area contributed by atoms with Crippen LogP contribution in [0.1, 0.15) is 180 Å². The van der Waals surface area contributed by atoms with Gasteiger partial charge in [0.2, 0.25) is 0 Å². The lowest BCUT2D eigenvalue weighted by atomic mass is 10.0. The lowest BCUT2D eigenvalue weighted by Crippen LogP contribution is -1.85. The summed E-state index contributed by atoms with van der Waals surface area (Å²) in [6, 6.07) is 0. The number of aliphatic hydroxyl groups is 2. The predicted molar refractivity (Wildman–Crippen MR) is 159 cm³/mol. The molecule has 0 saturated carbocycles. The smallest absolute Gasteiger partial charge is 0.0431 e. The Morgan fingerprint density at radius 1 is 0.250 bits per heavy atom. The number of aliphatic hydroxyl groups excluding tert-OH is 2. The average Bonchev–Trinajstić information content (AvgIpc) is 2.89. The molecule has 0 fully saturated rings. The highest BCUT2D eigenvalue weighted by Gasteiger charge is 1.95. The maximum atomic E-state index is 8.76. The van der Waals surface area contributed by atoms with Gasteiger partial charge in [0.05, 0.1) is 0 Å². The molecule has 0 aromatic rings. The molecule has 36 heavy (non-hydrogen) atoms. The zero-order valence-corrected chi connectivity index (χ0v) is 24.1. The summed E-state index contributed by atoms with van der Waals surface area (Å²) in [5.41, 5.74) is 0. The van der Waals surface area contributed by atoms with E-state index >= 15 is 0 Å². The summed E-state index contributed by atoms with van der Waals surface area (Å²) >= 11 is 0. The van der Waals surface area contributed by atoms with Crippen molar-refractivity contribution in [3.8, 4) is 23.7 Å². The number of unbranched alkanes of at least 4 members (excludes halogenated alkanes) is 26. The molecule has 2 nitrogen and oxygen atoms in total. The second-order valence-electron chi connectivity index (χ2n) is 10.7.